The van der Waals surface area contributed by atoms with E-state index < -0.39 is 10.0 Å². The second-order valence-electron chi connectivity index (χ2n) is 5.38. The lowest BCUT2D eigenvalue weighted by Gasteiger charge is -2.16. The van der Waals surface area contributed by atoms with E-state index in [9.17, 15) is 13.2 Å². The highest BCUT2D eigenvalue weighted by atomic mass is 35.5. The van der Waals surface area contributed by atoms with E-state index in [2.05, 4.69) is 5.32 Å². The first-order valence-corrected chi connectivity index (χ1v) is 9.27. The highest BCUT2D eigenvalue weighted by Crippen LogP contribution is 2.19. The van der Waals surface area contributed by atoms with Crippen LogP contribution in [-0.4, -0.2) is 33.0 Å². The molecule has 0 aliphatic heterocycles. The van der Waals surface area contributed by atoms with Crippen molar-refractivity contribution >= 4 is 27.5 Å². The van der Waals surface area contributed by atoms with Gasteiger partial charge in [-0.2, -0.15) is 0 Å². The number of rotatable bonds is 6. The molecule has 0 saturated heterocycles. The van der Waals surface area contributed by atoms with Gasteiger partial charge in [-0.1, -0.05) is 34.3 Å². The molecule has 2 rings (SSSR count). The number of carbonyl (C=O) groups is 1. The number of benzene rings is 2. The summed E-state index contributed by atoms with van der Waals surface area (Å²) in [4.78, 5) is 17.2. The van der Waals surface area contributed by atoms with E-state index >= 15 is 0 Å². The summed E-state index contributed by atoms with van der Waals surface area (Å²) >= 11 is 5.96. The number of carbonyl (C=O) groups excluding carboxylic acids is 1. The van der Waals surface area contributed by atoms with Gasteiger partial charge >= 0.3 is 0 Å². The Labute approximate surface area is 152 Å². The van der Waals surface area contributed by atoms with Gasteiger partial charge in [-0.05, 0) is 42.8 Å². The Balaban J connectivity index is 2.22. The molecule has 25 heavy (non-hydrogen) atoms. The van der Waals surface area contributed by atoms with Crippen LogP contribution in [0.3, 0.4) is 0 Å². The van der Waals surface area contributed by atoms with Crippen molar-refractivity contribution in [2.75, 3.05) is 14.2 Å². The fourth-order valence-corrected chi connectivity index (χ4v) is 3.40. The second kappa shape index (κ2) is 7.97. The molecule has 0 aliphatic carbocycles. The molecule has 2 aromatic rings. The first kappa shape index (κ1) is 19.4. The largest absolute Gasteiger partial charge is 0.346 e. The molecule has 1 atom stereocenters. The van der Waals surface area contributed by atoms with Crippen molar-refractivity contribution in [1.29, 1.82) is 0 Å². The van der Waals surface area contributed by atoms with Crippen LogP contribution in [0.5, 0.6) is 0 Å². The molecule has 0 heterocycles. The van der Waals surface area contributed by atoms with Crippen LogP contribution in [-0.2, 0) is 14.9 Å². The number of amides is 1. The average Bonchev–Trinajstić information content (AvgIpc) is 2.60. The molecule has 1 N–H and O–H groups in total. The van der Waals surface area contributed by atoms with Gasteiger partial charge in [-0.3, -0.25) is 9.63 Å². The second-order valence-corrected chi connectivity index (χ2v) is 7.75. The van der Waals surface area contributed by atoms with Crippen LogP contribution >= 0.6 is 11.6 Å². The molecule has 134 valence electrons. The van der Waals surface area contributed by atoms with Gasteiger partial charge in [-0.15, -0.1) is 0 Å². The first-order valence-electron chi connectivity index (χ1n) is 7.45. The van der Waals surface area contributed by atoms with Crippen LogP contribution in [0.2, 0.25) is 5.02 Å². The van der Waals surface area contributed by atoms with Crippen LogP contribution in [0, 0.1) is 0 Å². The van der Waals surface area contributed by atoms with E-state index in [1.165, 1.54) is 32.4 Å². The monoisotopic (exact) mass is 382 g/mol. The molecule has 0 fully saturated rings. The van der Waals surface area contributed by atoms with Crippen LogP contribution in [0.1, 0.15) is 28.9 Å². The molecule has 0 spiro atoms. The highest BCUT2D eigenvalue weighted by Gasteiger charge is 2.22. The predicted octanol–water partition coefficient (Wildman–Crippen LogP) is 3.01. The summed E-state index contributed by atoms with van der Waals surface area (Å²) in [5.41, 5.74) is 1.09. The highest BCUT2D eigenvalue weighted by molar-refractivity contribution is 7.89. The lowest BCUT2D eigenvalue weighted by Crippen LogP contribution is -2.28. The van der Waals surface area contributed by atoms with Gasteiger partial charge in [0.15, 0.2) is 0 Å². The molecule has 0 aromatic heterocycles. The Bertz CT molecular complexity index is 870. The molecule has 2 aromatic carbocycles. The van der Waals surface area contributed by atoms with Crippen LogP contribution in [0.15, 0.2) is 53.4 Å². The normalized spacial score (nSPS) is 12.8. The third kappa shape index (κ3) is 4.58. The molecule has 8 heteroatoms. The fourth-order valence-electron chi connectivity index (χ4n) is 2.18. The third-order valence-corrected chi connectivity index (χ3v) is 5.60. The van der Waals surface area contributed by atoms with Crippen molar-refractivity contribution in [2.45, 2.75) is 17.9 Å². The van der Waals surface area contributed by atoms with Gasteiger partial charge in [0.25, 0.3) is 15.9 Å². The van der Waals surface area contributed by atoms with Gasteiger partial charge in [0.05, 0.1) is 18.0 Å². The standard InChI is InChI=1S/C17H19ClN2O4S/c1-12(13-6-4-8-15(18)10-13)19-17(21)14-7-5-9-16(11-14)25(22,23)20(2)24-3/h4-12H,1-3H3,(H,19,21)/t12-/m0/s1. The van der Waals surface area contributed by atoms with Crippen molar-refractivity contribution in [1.82, 2.24) is 9.79 Å². The minimum absolute atomic E-state index is 0.0279. The van der Waals surface area contributed by atoms with Crippen LogP contribution in [0.25, 0.3) is 0 Å². The van der Waals surface area contributed by atoms with E-state index in [1.807, 2.05) is 13.0 Å². The summed E-state index contributed by atoms with van der Waals surface area (Å²) in [5.74, 6) is -0.385. The zero-order chi connectivity index (χ0) is 18.6. The summed E-state index contributed by atoms with van der Waals surface area (Å²) in [6.45, 7) is 1.82. The average molecular weight is 383 g/mol. The maximum atomic E-state index is 12.4. The van der Waals surface area contributed by atoms with Crippen molar-refractivity contribution in [2.24, 2.45) is 0 Å². The van der Waals surface area contributed by atoms with E-state index in [-0.39, 0.29) is 22.4 Å². The number of hydroxylamine groups is 1. The summed E-state index contributed by atoms with van der Waals surface area (Å²) in [5, 5.41) is 3.40. The number of hydrogen-bond donors (Lipinski definition) is 1. The van der Waals surface area contributed by atoms with Gasteiger partial charge in [0.2, 0.25) is 0 Å². The Morgan fingerprint density at radius 3 is 2.52 bits per heavy atom. The van der Waals surface area contributed by atoms with E-state index in [4.69, 9.17) is 16.4 Å². The Kier molecular flexibility index (Phi) is 6.18. The summed E-state index contributed by atoms with van der Waals surface area (Å²) in [6.07, 6.45) is 0. The molecule has 0 unspecified atom stereocenters. The van der Waals surface area contributed by atoms with Gasteiger partial charge in [-0.25, -0.2) is 8.42 Å². The number of nitrogens with zero attached hydrogens (tertiary/aromatic N) is 1. The van der Waals surface area contributed by atoms with E-state index in [0.29, 0.717) is 5.02 Å². The van der Waals surface area contributed by atoms with Crippen molar-refractivity contribution in [3.05, 3.63) is 64.7 Å². The lowest BCUT2D eigenvalue weighted by atomic mass is 10.1. The molecule has 0 radical (unpaired) electrons. The van der Waals surface area contributed by atoms with E-state index in [0.717, 1.165) is 10.0 Å². The molecule has 1 amide bonds. The molecule has 6 nitrogen and oxygen atoms in total. The molecular weight excluding hydrogens is 364 g/mol. The Morgan fingerprint density at radius 2 is 1.88 bits per heavy atom. The zero-order valence-corrected chi connectivity index (χ0v) is 15.6. The minimum Gasteiger partial charge on any atom is -0.346 e. The lowest BCUT2D eigenvalue weighted by molar-refractivity contribution is -0.0258. The topological polar surface area (TPSA) is 75.7 Å². The summed E-state index contributed by atoms with van der Waals surface area (Å²) in [7, 11) is -1.29. The quantitative estimate of drug-likeness (QED) is 0.779. The van der Waals surface area contributed by atoms with Crippen LogP contribution in [0.4, 0.5) is 0 Å². The van der Waals surface area contributed by atoms with Gasteiger partial charge in [0.1, 0.15) is 0 Å². The number of sulfonamides is 1. The maximum absolute atomic E-state index is 12.4. The van der Waals surface area contributed by atoms with Crippen molar-refractivity contribution in [3.8, 4) is 0 Å². The van der Waals surface area contributed by atoms with Crippen molar-refractivity contribution in [3.63, 3.8) is 0 Å². The SMILES string of the molecule is CON(C)S(=O)(=O)c1cccc(C(=O)N[C@@H](C)c2cccc(Cl)c2)c1. The summed E-state index contributed by atoms with van der Waals surface area (Å²) in [6, 6.07) is 12.7. The summed E-state index contributed by atoms with van der Waals surface area (Å²) < 4.78 is 25.3. The van der Waals surface area contributed by atoms with E-state index in [1.54, 1.807) is 24.3 Å². The predicted molar refractivity (Wildman–Crippen MR) is 95.7 cm³/mol. The Morgan fingerprint density at radius 1 is 1.20 bits per heavy atom. The van der Waals surface area contributed by atoms with Crippen LogP contribution < -0.4 is 5.32 Å². The minimum atomic E-state index is -3.82. The molecule has 0 bridgehead atoms. The molecular formula is C17H19ClN2O4S. The fraction of sp³-hybridized carbons (Fsp3) is 0.235. The zero-order valence-electron chi connectivity index (χ0n) is 14.1. The molecule has 0 saturated carbocycles. The number of nitrogens with one attached hydrogen (secondary N) is 1. The van der Waals surface area contributed by atoms with Gasteiger partial charge in [0, 0.05) is 17.6 Å². The number of hydrogen-bond acceptors (Lipinski definition) is 4. The smallest absolute Gasteiger partial charge is 0.264 e. The Hall–Kier alpha value is -1.93. The number of halogens is 1. The maximum Gasteiger partial charge on any atom is 0.264 e. The molecule has 0 aliphatic rings. The van der Waals surface area contributed by atoms with Gasteiger partial charge < -0.3 is 5.32 Å². The first-order chi connectivity index (χ1) is 11.8. The third-order valence-electron chi connectivity index (χ3n) is 3.69. The van der Waals surface area contributed by atoms with Crippen molar-refractivity contribution < 1.29 is 18.0 Å².